The summed E-state index contributed by atoms with van der Waals surface area (Å²) in [4.78, 5) is 24.6. The monoisotopic (exact) mass is 1220 g/mol. The van der Waals surface area contributed by atoms with Gasteiger partial charge >= 0.3 is 5.97 Å². The van der Waals surface area contributed by atoms with E-state index in [1.54, 1.807) is 0 Å². The zero-order valence-corrected chi connectivity index (χ0v) is 59.0. The molecule has 2 atom stereocenters. The Morgan fingerprint density at radius 2 is 0.575 bits per heavy atom. The number of unbranched alkanes of at least 4 members (excludes halogenated alkanes) is 58. The van der Waals surface area contributed by atoms with E-state index in [9.17, 15) is 19.8 Å². The molecule has 0 aromatic heterocycles. The van der Waals surface area contributed by atoms with Gasteiger partial charge in [-0.05, 0) is 83.5 Å². The summed E-state index contributed by atoms with van der Waals surface area (Å²) in [7, 11) is 0. The second-order valence-corrected chi connectivity index (χ2v) is 27.4. The molecule has 1 amide bonds. The zero-order chi connectivity index (χ0) is 62.8. The summed E-state index contributed by atoms with van der Waals surface area (Å²) >= 11 is 0. The highest BCUT2D eigenvalue weighted by Gasteiger charge is 2.20. The number of esters is 1. The van der Waals surface area contributed by atoms with Crippen molar-refractivity contribution < 1.29 is 24.5 Å². The Bertz CT molecular complexity index is 1410. The Kier molecular flexibility index (Phi) is 74.8. The molecule has 0 saturated heterocycles. The lowest BCUT2D eigenvalue weighted by atomic mass is 10.0. The van der Waals surface area contributed by atoms with E-state index in [0.717, 1.165) is 51.4 Å². The number of aliphatic hydroxyl groups excluding tert-OH is 2. The lowest BCUT2D eigenvalue weighted by Crippen LogP contribution is -2.45. The van der Waals surface area contributed by atoms with Gasteiger partial charge in [0.15, 0.2) is 0 Å². The van der Waals surface area contributed by atoms with Gasteiger partial charge in [-0.1, -0.05) is 384 Å². The molecule has 2 unspecified atom stereocenters. The van der Waals surface area contributed by atoms with Crippen LogP contribution in [-0.2, 0) is 14.3 Å². The first-order valence-electron chi connectivity index (χ1n) is 39.7. The summed E-state index contributed by atoms with van der Waals surface area (Å²) in [5, 5.41) is 23.4. The van der Waals surface area contributed by atoms with Crippen molar-refractivity contribution in [2.75, 3.05) is 13.2 Å². The Labute approximate surface area is 544 Å². The summed E-state index contributed by atoms with van der Waals surface area (Å²) in [5.41, 5.74) is 0. The molecule has 514 valence electrons. The maximum Gasteiger partial charge on any atom is 0.305 e. The predicted octanol–water partition coefficient (Wildman–Crippen LogP) is 26.2. The SMILES string of the molecule is CCCCCC/C=C\C/C=C\CCCCCCCC(=O)OCCCCCCCCCCCCCCCCCCCC/C=C\CCCCCCCCCCCCCCCCCCCC(=O)NC(CO)C(O)CCCCCCCCCCCCCCCCC. The maximum atomic E-state index is 12.5. The van der Waals surface area contributed by atoms with Gasteiger partial charge in [-0.15, -0.1) is 0 Å². The highest BCUT2D eigenvalue weighted by molar-refractivity contribution is 5.76. The van der Waals surface area contributed by atoms with Crippen LogP contribution < -0.4 is 5.32 Å². The quantitative estimate of drug-likeness (QED) is 0.0320. The maximum absolute atomic E-state index is 12.5. The highest BCUT2D eigenvalue weighted by Crippen LogP contribution is 2.20. The number of amides is 1. The van der Waals surface area contributed by atoms with Gasteiger partial charge in [0.05, 0.1) is 25.4 Å². The van der Waals surface area contributed by atoms with Crippen LogP contribution in [0.3, 0.4) is 0 Å². The zero-order valence-electron chi connectivity index (χ0n) is 59.0. The number of allylic oxidation sites excluding steroid dienone is 6. The van der Waals surface area contributed by atoms with Crippen molar-refractivity contribution in [3.8, 4) is 0 Å². The van der Waals surface area contributed by atoms with E-state index < -0.39 is 12.1 Å². The van der Waals surface area contributed by atoms with Crippen molar-refractivity contribution in [3.05, 3.63) is 36.5 Å². The molecule has 0 rings (SSSR count). The van der Waals surface area contributed by atoms with Crippen LogP contribution in [0.4, 0.5) is 0 Å². The first-order valence-corrected chi connectivity index (χ1v) is 39.7. The molecule has 0 aliphatic rings. The topological polar surface area (TPSA) is 95.9 Å². The minimum atomic E-state index is -0.661. The van der Waals surface area contributed by atoms with Crippen molar-refractivity contribution in [1.82, 2.24) is 5.32 Å². The van der Waals surface area contributed by atoms with Crippen molar-refractivity contribution in [1.29, 1.82) is 0 Å². The summed E-state index contributed by atoms with van der Waals surface area (Å²) < 4.78 is 5.50. The normalized spacial score (nSPS) is 12.6. The van der Waals surface area contributed by atoms with Crippen LogP contribution in [0.1, 0.15) is 444 Å². The molecule has 0 saturated carbocycles. The van der Waals surface area contributed by atoms with E-state index in [1.807, 2.05) is 0 Å². The van der Waals surface area contributed by atoms with E-state index in [1.165, 1.54) is 360 Å². The predicted molar refractivity (Wildman–Crippen MR) is 384 cm³/mol. The Morgan fingerprint density at radius 3 is 0.897 bits per heavy atom. The molecule has 6 nitrogen and oxygen atoms in total. The molecule has 0 aromatic carbocycles. The number of carbonyl (C=O) groups excluding carboxylic acids is 2. The molecule has 87 heavy (non-hydrogen) atoms. The third-order valence-corrected chi connectivity index (χ3v) is 18.7. The molecule has 0 spiro atoms. The van der Waals surface area contributed by atoms with E-state index in [2.05, 4.69) is 55.6 Å². The lowest BCUT2D eigenvalue weighted by molar-refractivity contribution is -0.143. The summed E-state index contributed by atoms with van der Waals surface area (Å²) in [5.74, 6) is -0.0178. The van der Waals surface area contributed by atoms with Crippen LogP contribution in [0.25, 0.3) is 0 Å². The third kappa shape index (κ3) is 73.0. The fourth-order valence-electron chi connectivity index (χ4n) is 12.6. The number of nitrogens with one attached hydrogen (secondary N) is 1. The van der Waals surface area contributed by atoms with Crippen LogP contribution in [0.5, 0.6) is 0 Å². The van der Waals surface area contributed by atoms with Crippen molar-refractivity contribution in [3.63, 3.8) is 0 Å². The molecule has 0 fully saturated rings. The second kappa shape index (κ2) is 76.5. The first-order chi connectivity index (χ1) is 43.0. The largest absolute Gasteiger partial charge is 0.466 e. The summed E-state index contributed by atoms with van der Waals surface area (Å²) in [6.45, 7) is 4.97. The molecule has 0 aliphatic heterocycles. The molecule has 6 heteroatoms. The first kappa shape index (κ1) is 85.1. The van der Waals surface area contributed by atoms with E-state index in [-0.39, 0.29) is 18.5 Å². The number of aliphatic hydroxyl groups is 2. The molecule has 0 aliphatic carbocycles. The van der Waals surface area contributed by atoms with Crippen LogP contribution in [0, 0.1) is 0 Å². The van der Waals surface area contributed by atoms with Crippen LogP contribution in [-0.4, -0.2) is 47.4 Å². The van der Waals surface area contributed by atoms with Gasteiger partial charge in [0.1, 0.15) is 0 Å². The van der Waals surface area contributed by atoms with Gasteiger partial charge in [0.25, 0.3) is 0 Å². The summed E-state index contributed by atoms with van der Waals surface area (Å²) in [6.07, 6.45) is 99.6. The number of rotatable bonds is 75. The van der Waals surface area contributed by atoms with Crippen LogP contribution in [0.2, 0.25) is 0 Å². The van der Waals surface area contributed by atoms with Gasteiger partial charge in [-0.25, -0.2) is 0 Å². The fourth-order valence-corrected chi connectivity index (χ4v) is 12.6. The second-order valence-electron chi connectivity index (χ2n) is 27.4. The number of carbonyl (C=O) groups is 2. The van der Waals surface area contributed by atoms with Crippen molar-refractivity contribution >= 4 is 11.9 Å². The number of ether oxygens (including phenoxy) is 1. The van der Waals surface area contributed by atoms with Crippen molar-refractivity contribution in [2.24, 2.45) is 0 Å². The smallest absolute Gasteiger partial charge is 0.305 e. The Morgan fingerprint density at radius 1 is 0.322 bits per heavy atom. The number of hydrogen-bond donors (Lipinski definition) is 3. The Hall–Kier alpha value is -1.92. The van der Waals surface area contributed by atoms with E-state index in [4.69, 9.17) is 4.74 Å². The van der Waals surface area contributed by atoms with Gasteiger partial charge in [-0.3, -0.25) is 9.59 Å². The van der Waals surface area contributed by atoms with Gasteiger partial charge < -0.3 is 20.3 Å². The molecular weight excluding hydrogens is 1070 g/mol. The average Bonchev–Trinajstić information content (AvgIpc) is 3.56. The van der Waals surface area contributed by atoms with Crippen molar-refractivity contribution in [2.45, 2.75) is 456 Å². The Balaban J connectivity index is 3.32. The molecular formula is C81H155NO5. The fraction of sp³-hybridized carbons (Fsp3) is 0.901. The van der Waals surface area contributed by atoms with Gasteiger partial charge in [-0.2, -0.15) is 0 Å². The van der Waals surface area contributed by atoms with Crippen LogP contribution >= 0.6 is 0 Å². The molecule has 0 aromatic rings. The average molecular weight is 1220 g/mol. The van der Waals surface area contributed by atoms with E-state index >= 15 is 0 Å². The van der Waals surface area contributed by atoms with Crippen LogP contribution in [0.15, 0.2) is 36.5 Å². The molecule has 0 radical (unpaired) electrons. The molecule has 3 N–H and O–H groups in total. The lowest BCUT2D eigenvalue weighted by Gasteiger charge is -2.22. The standard InChI is InChI=1S/C81H155NO5/c1-3-5-7-9-11-13-15-17-19-47-51-55-59-63-67-71-75-81(86)87-76-72-68-64-60-56-52-48-44-42-40-38-36-34-32-30-28-26-24-22-20-21-23-25-27-29-31-33-35-37-39-41-43-46-50-54-58-62-66-70-74-80(85)82-78(77-83)79(84)73-69-65-61-57-53-49-45-18-16-14-12-10-8-6-4-2/h13,15,19-21,47,78-79,83-84H,3-12,14,16-18,22-46,48-77H2,1-2H3,(H,82,85)/b15-13-,21-20-,47-19-. The minimum absolute atomic E-state index is 0.00951. The van der Waals surface area contributed by atoms with Gasteiger partial charge in [0, 0.05) is 12.8 Å². The van der Waals surface area contributed by atoms with Gasteiger partial charge in [0.2, 0.25) is 5.91 Å². The summed E-state index contributed by atoms with van der Waals surface area (Å²) in [6, 6.07) is -0.538. The third-order valence-electron chi connectivity index (χ3n) is 18.7. The highest BCUT2D eigenvalue weighted by atomic mass is 16.5. The minimum Gasteiger partial charge on any atom is -0.466 e. The van der Waals surface area contributed by atoms with E-state index in [0.29, 0.717) is 25.9 Å². The number of hydrogen-bond acceptors (Lipinski definition) is 5. The molecule has 0 bridgehead atoms. The molecule has 0 heterocycles.